The Labute approximate surface area is 153 Å². The van der Waals surface area contributed by atoms with Crippen molar-refractivity contribution in [1.29, 1.82) is 0 Å². The maximum absolute atomic E-state index is 12.4. The SMILES string of the molecule is Cc1ccc2c(c1)C(=O)N(CCS(=O)(=O)NCCN1CCOCC1)C2=O. The molecule has 26 heavy (non-hydrogen) atoms. The Kier molecular flexibility index (Phi) is 5.71. The van der Waals surface area contributed by atoms with E-state index in [4.69, 9.17) is 4.74 Å². The summed E-state index contributed by atoms with van der Waals surface area (Å²) in [5.41, 5.74) is 1.55. The van der Waals surface area contributed by atoms with Crippen LogP contribution in [0.15, 0.2) is 18.2 Å². The fourth-order valence-electron chi connectivity index (χ4n) is 3.08. The van der Waals surface area contributed by atoms with Crippen molar-refractivity contribution in [1.82, 2.24) is 14.5 Å². The number of morpholine rings is 1. The van der Waals surface area contributed by atoms with Crippen LogP contribution in [0.5, 0.6) is 0 Å². The van der Waals surface area contributed by atoms with Crippen molar-refractivity contribution in [3.8, 4) is 0 Å². The molecule has 0 atom stereocenters. The number of carbonyl (C=O) groups is 2. The molecular weight excluding hydrogens is 358 g/mol. The molecule has 1 saturated heterocycles. The summed E-state index contributed by atoms with van der Waals surface area (Å²) in [5, 5.41) is 0. The Balaban J connectivity index is 1.51. The lowest BCUT2D eigenvalue weighted by Gasteiger charge is -2.26. The summed E-state index contributed by atoms with van der Waals surface area (Å²) in [7, 11) is -3.57. The summed E-state index contributed by atoms with van der Waals surface area (Å²) in [6, 6.07) is 5.03. The second kappa shape index (κ2) is 7.83. The molecule has 0 aromatic heterocycles. The van der Waals surface area contributed by atoms with E-state index in [0.717, 1.165) is 23.6 Å². The van der Waals surface area contributed by atoms with Crippen LogP contribution in [0.3, 0.4) is 0 Å². The lowest BCUT2D eigenvalue weighted by atomic mass is 10.1. The van der Waals surface area contributed by atoms with Gasteiger partial charge in [-0.3, -0.25) is 19.4 Å². The normalized spacial score (nSPS) is 18.4. The van der Waals surface area contributed by atoms with Crippen molar-refractivity contribution >= 4 is 21.8 Å². The number of carbonyl (C=O) groups excluding carboxylic acids is 2. The summed E-state index contributed by atoms with van der Waals surface area (Å²) in [6.07, 6.45) is 0. The maximum Gasteiger partial charge on any atom is 0.261 e. The highest BCUT2D eigenvalue weighted by Gasteiger charge is 2.35. The number of fused-ring (bicyclic) bond motifs is 1. The van der Waals surface area contributed by atoms with Crippen LogP contribution in [0, 0.1) is 6.92 Å². The molecule has 3 rings (SSSR count). The Morgan fingerprint density at radius 3 is 2.50 bits per heavy atom. The van der Waals surface area contributed by atoms with Crippen LogP contribution in [-0.2, 0) is 14.8 Å². The zero-order valence-corrected chi connectivity index (χ0v) is 15.5. The van der Waals surface area contributed by atoms with Gasteiger partial charge in [-0.05, 0) is 19.1 Å². The van der Waals surface area contributed by atoms with Gasteiger partial charge in [0.15, 0.2) is 0 Å². The van der Waals surface area contributed by atoms with E-state index in [1.165, 1.54) is 0 Å². The number of imide groups is 1. The van der Waals surface area contributed by atoms with Gasteiger partial charge in [0.25, 0.3) is 11.8 Å². The average molecular weight is 381 g/mol. The molecule has 9 heteroatoms. The topological polar surface area (TPSA) is 96.0 Å². The van der Waals surface area contributed by atoms with Crippen LogP contribution in [0.2, 0.25) is 0 Å². The smallest absolute Gasteiger partial charge is 0.261 e. The van der Waals surface area contributed by atoms with E-state index >= 15 is 0 Å². The van der Waals surface area contributed by atoms with Gasteiger partial charge in [0.1, 0.15) is 0 Å². The minimum atomic E-state index is -3.57. The third-order valence-electron chi connectivity index (χ3n) is 4.56. The predicted octanol–water partition coefficient (Wildman–Crippen LogP) is -0.157. The largest absolute Gasteiger partial charge is 0.379 e. The van der Waals surface area contributed by atoms with Crippen molar-refractivity contribution in [2.75, 3.05) is 51.7 Å². The minimum Gasteiger partial charge on any atom is -0.379 e. The Bertz CT molecular complexity index is 803. The number of hydrogen-bond donors (Lipinski definition) is 1. The molecule has 2 amide bonds. The molecule has 2 aliphatic heterocycles. The molecule has 0 aliphatic carbocycles. The van der Waals surface area contributed by atoms with Crippen LogP contribution in [-0.4, -0.2) is 81.7 Å². The van der Waals surface area contributed by atoms with Crippen LogP contribution in [0.4, 0.5) is 0 Å². The second-order valence-corrected chi connectivity index (χ2v) is 8.40. The molecule has 1 fully saturated rings. The van der Waals surface area contributed by atoms with Crippen molar-refractivity contribution < 1.29 is 22.7 Å². The molecule has 8 nitrogen and oxygen atoms in total. The average Bonchev–Trinajstić information content (AvgIpc) is 2.84. The maximum atomic E-state index is 12.4. The van der Waals surface area contributed by atoms with Gasteiger partial charge in [0.2, 0.25) is 10.0 Å². The number of ether oxygens (including phenoxy) is 1. The van der Waals surface area contributed by atoms with Crippen molar-refractivity contribution in [3.63, 3.8) is 0 Å². The number of amides is 2. The number of sulfonamides is 1. The van der Waals surface area contributed by atoms with E-state index in [0.29, 0.717) is 37.4 Å². The monoisotopic (exact) mass is 381 g/mol. The summed E-state index contributed by atoms with van der Waals surface area (Å²) in [6.45, 7) is 5.48. The highest BCUT2D eigenvalue weighted by atomic mass is 32.2. The van der Waals surface area contributed by atoms with Gasteiger partial charge in [-0.2, -0.15) is 0 Å². The van der Waals surface area contributed by atoms with E-state index in [1.807, 2.05) is 6.92 Å². The van der Waals surface area contributed by atoms with Crippen LogP contribution < -0.4 is 4.72 Å². The number of nitrogens with zero attached hydrogens (tertiary/aromatic N) is 2. The first-order valence-corrected chi connectivity index (χ1v) is 10.3. The first kappa shape index (κ1) is 19.0. The van der Waals surface area contributed by atoms with Gasteiger partial charge in [0, 0.05) is 32.7 Å². The van der Waals surface area contributed by atoms with Crippen LogP contribution in [0.25, 0.3) is 0 Å². The van der Waals surface area contributed by atoms with E-state index < -0.39 is 21.8 Å². The Morgan fingerprint density at radius 1 is 1.08 bits per heavy atom. The van der Waals surface area contributed by atoms with Crippen molar-refractivity contribution in [3.05, 3.63) is 34.9 Å². The molecular formula is C17H23N3O5S. The van der Waals surface area contributed by atoms with Crippen LogP contribution in [0.1, 0.15) is 26.3 Å². The first-order valence-electron chi connectivity index (χ1n) is 8.62. The van der Waals surface area contributed by atoms with E-state index in [1.54, 1.807) is 18.2 Å². The molecule has 142 valence electrons. The highest BCUT2D eigenvalue weighted by molar-refractivity contribution is 7.89. The third-order valence-corrected chi connectivity index (χ3v) is 5.93. The van der Waals surface area contributed by atoms with Gasteiger partial charge < -0.3 is 4.74 Å². The van der Waals surface area contributed by atoms with Gasteiger partial charge in [-0.1, -0.05) is 11.6 Å². The fourth-order valence-corrected chi connectivity index (χ4v) is 4.04. The summed E-state index contributed by atoms with van der Waals surface area (Å²) in [5.74, 6) is -1.17. The number of hydrogen-bond acceptors (Lipinski definition) is 6. The number of nitrogens with one attached hydrogen (secondary N) is 1. The lowest BCUT2D eigenvalue weighted by molar-refractivity contribution is 0.0390. The molecule has 0 unspecified atom stereocenters. The van der Waals surface area contributed by atoms with Crippen molar-refractivity contribution in [2.45, 2.75) is 6.92 Å². The van der Waals surface area contributed by atoms with Gasteiger partial charge in [-0.25, -0.2) is 13.1 Å². The minimum absolute atomic E-state index is 0.154. The third kappa shape index (κ3) is 4.29. The molecule has 1 N–H and O–H groups in total. The highest BCUT2D eigenvalue weighted by Crippen LogP contribution is 2.23. The lowest BCUT2D eigenvalue weighted by Crippen LogP contribution is -2.43. The molecule has 0 bridgehead atoms. The van der Waals surface area contributed by atoms with Crippen molar-refractivity contribution in [2.24, 2.45) is 0 Å². The number of aryl methyl sites for hydroxylation is 1. The molecule has 1 aromatic rings. The summed E-state index contributed by atoms with van der Waals surface area (Å²) in [4.78, 5) is 27.8. The molecule has 0 saturated carbocycles. The van der Waals surface area contributed by atoms with Gasteiger partial charge in [0.05, 0.1) is 30.1 Å². The zero-order valence-electron chi connectivity index (χ0n) is 14.7. The molecule has 0 spiro atoms. The van der Waals surface area contributed by atoms with Gasteiger partial charge in [-0.15, -0.1) is 0 Å². The standard InChI is InChI=1S/C17H23N3O5S/c1-13-2-3-14-15(12-13)17(22)20(16(14)21)8-11-26(23,24)18-4-5-19-6-9-25-10-7-19/h2-3,12,18H,4-11H2,1H3. The Morgan fingerprint density at radius 2 is 1.77 bits per heavy atom. The molecule has 0 radical (unpaired) electrons. The summed E-state index contributed by atoms with van der Waals surface area (Å²) >= 11 is 0. The number of rotatable bonds is 7. The zero-order chi connectivity index (χ0) is 18.7. The van der Waals surface area contributed by atoms with E-state index in [9.17, 15) is 18.0 Å². The van der Waals surface area contributed by atoms with E-state index in [-0.39, 0.29) is 12.3 Å². The molecule has 1 aromatic carbocycles. The van der Waals surface area contributed by atoms with Crippen LogP contribution >= 0.6 is 0 Å². The Hall–Kier alpha value is -1.81. The van der Waals surface area contributed by atoms with E-state index in [2.05, 4.69) is 9.62 Å². The summed E-state index contributed by atoms with van der Waals surface area (Å²) < 4.78 is 32.1. The molecule has 2 aliphatic rings. The second-order valence-electron chi connectivity index (χ2n) is 6.48. The first-order chi connectivity index (χ1) is 12.4. The van der Waals surface area contributed by atoms with Gasteiger partial charge >= 0.3 is 0 Å². The predicted molar refractivity (Wildman–Crippen MR) is 95.6 cm³/mol. The molecule has 2 heterocycles. The quantitative estimate of drug-likeness (QED) is 0.660. The number of benzene rings is 1. The fraction of sp³-hybridized carbons (Fsp3) is 0.529.